The zero-order valence-electron chi connectivity index (χ0n) is 13.0. The highest BCUT2D eigenvalue weighted by Gasteiger charge is 2.13. The number of nitrogens with one attached hydrogen (secondary N) is 2. The van der Waals surface area contributed by atoms with Crippen molar-refractivity contribution in [1.29, 1.82) is 0 Å². The summed E-state index contributed by atoms with van der Waals surface area (Å²) < 4.78 is 17.6. The first-order valence-electron chi connectivity index (χ1n) is 7.51. The summed E-state index contributed by atoms with van der Waals surface area (Å²) in [7, 11) is 0. The molecular weight excluding hydrogens is 368 g/mol. The molecule has 25 heavy (non-hydrogen) atoms. The first-order chi connectivity index (χ1) is 12.1. The highest BCUT2D eigenvalue weighted by atomic mass is 35.5. The third kappa shape index (κ3) is 4.21. The van der Waals surface area contributed by atoms with E-state index in [0.29, 0.717) is 39.0 Å². The van der Waals surface area contributed by atoms with Crippen molar-refractivity contribution < 1.29 is 13.9 Å². The standard InChI is InChI=1S/C17H14Cl2FN3O2/c18-11-6-10(7-12(19)8-11)17(24)21-16-14-9-13(25-5-1-4-20)2-3-15(14)22-23-16/h2-3,6-9H,1,4-5H2,(H2,21,22,23,24). The number of amides is 1. The van der Waals surface area contributed by atoms with Crippen LogP contribution in [0, 0.1) is 0 Å². The van der Waals surface area contributed by atoms with Gasteiger partial charge in [0.2, 0.25) is 0 Å². The van der Waals surface area contributed by atoms with Gasteiger partial charge in [0.25, 0.3) is 5.91 Å². The Labute approximate surface area is 153 Å². The fourth-order valence-electron chi connectivity index (χ4n) is 2.29. The Hall–Kier alpha value is -2.31. The molecule has 2 N–H and O–H groups in total. The number of nitrogens with zero attached hydrogens (tertiary/aromatic N) is 1. The summed E-state index contributed by atoms with van der Waals surface area (Å²) >= 11 is 11.8. The van der Waals surface area contributed by atoms with E-state index in [9.17, 15) is 9.18 Å². The average Bonchev–Trinajstić information content (AvgIpc) is 2.96. The molecule has 2 aromatic carbocycles. The van der Waals surface area contributed by atoms with E-state index < -0.39 is 6.67 Å². The van der Waals surface area contributed by atoms with Crippen molar-refractivity contribution in [3.05, 3.63) is 52.0 Å². The first-order valence-corrected chi connectivity index (χ1v) is 8.27. The number of aromatic amines is 1. The van der Waals surface area contributed by atoms with Crippen LogP contribution in [-0.4, -0.2) is 29.4 Å². The quantitative estimate of drug-likeness (QED) is 0.599. The fraction of sp³-hybridized carbons (Fsp3) is 0.176. The molecule has 3 rings (SSSR count). The van der Waals surface area contributed by atoms with Crippen LogP contribution in [-0.2, 0) is 0 Å². The second-order valence-electron chi connectivity index (χ2n) is 5.28. The van der Waals surface area contributed by atoms with Crippen molar-refractivity contribution in [2.45, 2.75) is 6.42 Å². The molecule has 1 heterocycles. The molecular formula is C17H14Cl2FN3O2. The molecule has 0 saturated carbocycles. The molecule has 1 aromatic heterocycles. The lowest BCUT2D eigenvalue weighted by molar-refractivity contribution is 0.102. The number of rotatable bonds is 6. The van der Waals surface area contributed by atoms with Crippen LogP contribution in [0.1, 0.15) is 16.8 Å². The number of anilines is 1. The maximum Gasteiger partial charge on any atom is 0.256 e. The van der Waals surface area contributed by atoms with Crippen molar-refractivity contribution in [1.82, 2.24) is 10.2 Å². The predicted octanol–water partition coefficient (Wildman–Crippen LogP) is 4.86. The van der Waals surface area contributed by atoms with Gasteiger partial charge in [0.05, 0.1) is 18.8 Å². The molecule has 0 saturated heterocycles. The monoisotopic (exact) mass is 381 g/mol. The van der Waals surface area contributed by atoms with Crippen LogP contribution < -0.4 is 10.1 Å². The second-order valence-corrected chi connectivity index (χ2v) is 6.16. The molecule has 130 valence electrons. The molecule has 0 fully saturated rings. The number of halogens is 3. The molecule has 0 aliphatic heterocycles. The van der Waals surface area contributed by atoms with Crippen molar-refractivity contribution >= 4 is 45.8 Å². The van der Waals surface area contributed by atoms with Gasteiger partial charge in [-0.2, -0.15) is 5.10 Å². The first kappa shape index (κ1) is 17.5. The lowest BCUT2D eigenvalue weighted by Gasteiger charge is -2.06. The van der Waals surface area contributed by atoms with Gasteiger partial charge in [0.15, 0.2) is 5.82 Å². The van der Waals surface area contributed by atoms with E-state index in [0.717, 1.165) is 5.52 Å². The van der Waals surface area contributed by atoms with Crippen molar-refractivity contribution in [3.63, 3.8) is 0 Å². The third-order valence-corrected chi connectivity index (χ3v) is 3.87. The van der Waals surface area contributed by atoms with E-state index in [1.807, 2.05) is 0 Å². The normalized spacial score (nSPS) is 10.8. The molecule has 0 radical (unpaired) electrons. The number of aromatic nitrogens is 2. The highest BCUT2D eigenvalue weighted by Crippen LogP contribution is 2.26. The van der Waals surface area contributed by atoms with Crippen LogP contribution in [0.4, 0.5) is 10.2 Å². The molecule has 8 heteroatoms. The maximum atomic E-state index is 12.4. The Morgan fingerprint density at radius 2 is 1.96 bits per heavy atom. The van der Waals surface area contributed by atoms with Crippen LogP contribution in [0.3, 0.4) is 0 Å². The Balaban J connectivity index is 1.82. The molecule has 0 atom stereocenters. The van der Waals surface area contributed by atoms with E-state index in [1.54, 1.807) is 24.3 Å². The predicted molar refractivity (Wildman–Crippen MR) is 96.6 cm³/mol. The molecule has 5 nitrogen and oxygen atoms in total. The maximum absolute atomic E-state index is 12.4. The van der Waals surface area contributed by atoms with Crippen LogP contribution in [0.15, 0.2) is 36.4 Å². The zero-order chi connectivity index (χ0) is 17.8. The Morgan fingerprint density at radius 3 is 2.68 bits per heavy atom. The van der Waals surface area contributed by atoms with E-state index in [1.165, 1.54) is 12.1 Å². The lowest BCUT2D eigenvalue weighted by Crippen LogP contribution is -2.12. The van der Waals surface area contributed by atoms with Gasteiger partial charge >= 0.3 is 0 Å². The summed E-state index contributed by atoms with van der Waals surface area (Å²) in [5.74, 6) is 0.539. The third-order valence-electron chi connectivity index (χ3n) is 3.44. The summed E-state index contributed by atoms with van der Waals surface area (Å²) in [6.07, 6.45) is 0.322. The minimum Gasteiger partial charge on any atom is -0.493 e. The van der Waals surface area contributed by atoms with E-state index in [4.69, 9.17) is 27.9 Å². The summed E-state index contributed by atoms with van der Waals surface area (Å²) in [6, 6.07) is 9.84. The van der Waals surface area contributed by atoms with Gasteiger partial charge in [-0.05, 0) is 36.4 Å². The number of benzene rings is 2. The number of alkyl halides is 1. The molecule has 3 aromatic rings. The minimum absolute atomic E-state index is 0.280. The molecule has 0 spiro atoms. The Bertz CT molecular complexity index is 894. The zero-order valence-corrected chi connectivity index (χ0v) is 14.5. The molecule has 1 amide bonds. The van der Waals surface area contributed by atoms with Gasteiger partial charge in [-0.1, -0.05) is 23.2 Å². The van der Waals surface area contributed by atoms with Gasteiger partial charge in [0.1, 0.15) is 5.75 Å². The van der Waals surface area contributed by atoms with Crippen LogP contribution in [0.5, 0.6) is 5.75 Å². The second kappa shape index (κ2) is 7.72. The highest BCUT2D eigenvalue weighted by molar-refractivity contribution is 6.35. The van der Waals surface area contributed by atoms with Crippen molar-refractivity contribution in [2.24, 2.45) is 0 Å². The largest absolute Gasteiger partial charge is 0.493 e. The molecule has 0 aliphatic carbocycles. The van der Waals surface area contributed by atoms with Gasteiger partial charge < -0.3 is 10.1 Å². The summed E-state index contributed by atoms with van der Waals surface area (Å²) in [4.78, 5) is 12.4. The Morgan fingerprint density at radius 1 is 1.20 bits per heavy atom. The van der Waals surface area contributed by atoms with E-state index >= 15 is 0 Å². The van der Waals surface area contributed by atoms with Gasteiger partial charge in [-0.3, -0.25) is 14.3 Å². The number of ether oxygens (including phenoxy) is 1. The molecule has 0 unspecified atom stereocenters. The number of hydrogen-bond acceptors (Lipinski definition) is 3. The van der Waals surface area contributed by atoms with Gasteiger partial charge in [0, 0.05) is 27.4 Å². The number of fused-ring (bicyclic) bond motifs is 1. The number of hydrogen-bond donors (Lipinski definition) is 2. The summed E-state index contributed by atoms with van der Waals surface area (Å²) in [6.45, 7) is -0.153. The number of H-pyrrole nitrogens is 1. The van der Waals surface area contributed by atoms with E-state index in [2.05, 4.69) is 15.5 Å². The van der Waals surface area contributed by atoms with Crippen LogP contribution in [0.2, 0.25) is 10.0 Å². The van der Waals surface area contributed by atoms with Gasteiger partial charge in [-0.25, -0.2) is 0 Å². The van der Waals surface area contributed by atoms with Crippen molar-refractivity contribution in [3.8, 4) is 5.75 Å². The lowest BCUT2D eigenvalue weighted by atomic mass is 10.2. The fourth-order valence-corrected chi connectivity index (χ4v) is 2.81. The molecule has 0 aliphatic rings. The number of carbonyl (C=O) groups is 1. The van der Waals surface area contributed by atoms with Crippen molar-refractivity contribution in [2.75, 3.05) is 18.6 Å². The Kier molecular flexibility index (Phi) is 5.40. The van der Waals surface area contributed by atoms with Gasteiger partial charge in [-0.15, -0.1) is 0 Å². The average molecular weight is 382 g/mol. The summed E-state index contributed by atoms with van der Waals surface area (Å²) in [5, 5.41) is 11.1. The van der Waals surface area contributed by atoms with Crippen LogP contribution in [0.25, 0.3) is 10.9 Å². The smallest absolute Gasteiger partial charge is 0.256 e. The van der Waals surface area contributed by atoms with E-state index in [-0.39, 0.29) is 12.5 Å². The summed E-state index contributed by atoms with van der Waals surface area (Å²) in [5.41, 5.74) is 1.06. The van der Waals surface area contributed by atoms with Crippen LogP contribution >= 0.6 is 23.2 Å². The number of carbonyl (C=O) groups excluding carboxylic acids is 1. The topological polar surface area (TPSA) is 67.0 Å². The molecule has 0 bridgehead atoms. The minimum atomic E-state index is -0.433. The SMILES string of the molecule is O=C(Nc1n[nH]c2ccc(OCCCF)cc12)c1cc(Cl)cc(Cl)c1.